The van der Waals surface area contributed by atoms with E-state index in [1.165, 1.54) is 12.1 Å². The summed E-state index contributed by atoms with van der Waals surface area (Å²) in [5, 5.41) is 9.23. The van der Waals surface area contributed by atoms with Gasteiger partial charge >= 0.3 is 6.18 Å². The Morgan fingerprint density at radius 1 is 1.36 bits per heavy atom. The molecule has 6 heteroatoms. The molecule has 1 aromatic heterocycles. The van der Waals surface area contributed by atoms with Gasteiger partial charge in [-0.1, -0.05) is 6.07 Å². The van der Waals surface area contributed by atoms with Gasteiger partial charge in [-0.2, -0.15) is 13.2 Å². The van der Waals surface area contributed by atoms with E-state index in [9.17, 15) is 18.3 Å². The maximum absolute atomic E-state index is 12.3. The van der Waals surface area contributed by atoms with Crippen molar-refractivity contribution in [2.45, 2.75) is 18.7 Å². The maximum Gasteiger partial charge on any atom is 0.421 e. The molecular weight excluding hydrogens is 263 g/mol. The van der Waals surface area contributed by atoms with Crippen LogP contribution >= 0.6 is 15.9 Å². The lowest BCUT2D eigenvalue weighted by atomic mass is 9.97. The zero-order valence-electron chi connectivity index (χ0n) is 7.14. The fraction of sp³-hybridized carbons (Fsp3) is 0.375. The standard InChI is InChI=1S/C8H7BrF3NO/c1-7(14,8(10,11)12)5-2-3-6(9)13-4-5/h2-4,14H,1H3. The summed E-state index contributed by atoms with van der Waals surface area (Å²) >= 11 is 2.99. The predicted octanol–water partition coefficient (Wildman–Crippen LogP) is 2.61. The molecule has 1 N–H and O–H groups in total. The quantitative estimate of drug-likeness (QED) is 0.796. The molecule has 0 aliphatic rings. The van der Waals surface area contributed by atoms with Gasteiger partial charge in [-0.3, -0.25) is 0 Å². The van der Waals surface area contributed by atoms with Gasteiger partial charge in [0.25, 0.3) is 0 Å². The van der Waals surface area contributed by atoms with E-state index in [-0.39, 0.29) is 5.56 Å². The Kier molecular flexibility index (Phi) is 2.87. The average molecular weight is 270 g/mol. The van der Waals surface area contributed by atoms with Crippen molar-refractivity contribution in [2.75, 3.05) is 0 Å². The van der Waals surface area contributed by atoms with Crippen molar-refractivity contribution in [2.24, 2.45) is 0 Å². The fourth-order valence-electron chi connectivity index (χ4n) is 0.827. The molecule has 1 atom stereocenters. The Morgan fingerprint density at radius 2 is 1.93 bits per heavy atom. The molecule has 1 aromatic rings. The molecule has 0 saturated carbocycles. The predicted molar refractivity (Wildman–Crippen MR) is 47.6 cm³/mol. The van der Waals surface area contributed by atoms with Crippen LogP contribution in [-0.4, -0.2) is 16.3 Å². The lowest BCUT2D eigenvalue weighted by molar-refractivity contribution is -0.259. The number of aliphatic hydroxyl groups is 1. The van der Waals surface area contributed by atoms with Crippen molar-refractivity contribution in [3.8, 4) is 0 Å². The zero-order valence-corrected chi connectivity index (χ0v) is 8.72. The van der Waals surface area contributed by atoms with Crippen LogP contribution in [0.1, 0.15) is 12.5 Å². The van der Waals surface area contributed by atoms with E-state index in [2.05, 4.69) is 20.9 Å². The number of halogens is 4. The Balaban J connectivity index is 3.10. The van der Waals surface area contributed by atoms with Gasteiger partial charge in [-0.15, -0.1) is 0 Å². The van der Waals surface area contributed by atoms with E-state index in [4.69, 9.17) is 0 Å². The van der Waals surface area contributed by atoms with Gasteiger partial charge in [-0.25, -0.2) is 4.98 Å². The van der Waals surface area contributed by atoms with E-state index in [0.717, 1.165) is 6.20 Å². The van der Waals surface area contributed by atoms with Crippen LogP contribution in [0.3, 0.4) is 0 Å². The summed E-state index contributed by atoms with van der Waals surface area (Å²) in [5.74, 6) is 0. The van der Waals surface area contributed by atoms with Crippen LogP contribution in [0.15, 0.2) is 22.9 Å². The molecule has 0 saturated heterocycles. The van der Waals surface area contributed by atoms with Crippen LogP contribution < -0.4 is 0 Å². The normalized spacial score (nSPS) is 16.4. The summed E-state index contributed by atoms with van der Waals surface area (Å²) in [6.07, 6.45) is -3.72. The first kappa shape index (κ1) is 11.5. The smallest absolute Gasteiger partial charge is 0.376 e. The van der Waals surface area contributed by atoms with Gasteiger partial charge in [-0.05, 0) is 28.9 Å². The van der Waals surface area contributed by atoms with Crippen molar-refractivity contribution in [1.29, 1.82) is 0 Å². The van der Waals surface area contributed by atoms with Gasteiger partial charge in [0.2, 0.25) is 0 Å². The second-order valence-corrected chi connectivity index (χ2v) is 3.75. The number of aromatic nitrogens is 1. The van der Waals surface area contributed by atoms with E-state index >= 15 is 0 Å². The molecule has 0 aliphatic heterocycles. The van der Waals surface area contributed by atoms with Gasteiger partial charge in [0.1, 0.15) is 4.60 Å². The zero-order chi connectivity index (χ0) is 11.0. The van der Waals surface area contributed by atoms with E-state index in [1.807, 2.05) is 0 Å². The van der Waals surface area contributed by atoms with Crippen LogP contribution in [0.25, 0.3) is 0 Å². The van der Waals surface area contributed by atoms with Gasteiger partial charge < -0.3 is 5.11 Å². The number of hydrogen-bond acceptors (Lipinski definition) is 2. The Hall–Kier alpha value is -0.620. The minimum Gasteiger partial charge on any atom is -0.376 e. The molecule has 78 valence electrons. The maximum atomic E-state index is 12.3. The Morgan fingerprint density at radius 3 is 2.29 bits per heavy atom. The third kappa shape index (κ3) is 2.06. The first-order chi connectivity index (χ1) is 6.25. The lowest BCUT2D eigenvalue weighted by Crippen LogP contribution is -2.39. The third-order valence-corrected chi connectivity index (χ3v) is 2.31. The minimum absolute atomic E-state index is 0.284. The number of nitrogens with zero attached hydrogens (tertiary/aromatic N) is 1. The van der Waals surface area contributed by atoms with Gasteiger partial charge in [0, 0.05) is 11.8 Å². The van der Waals surface area contributed by atoms with Crippen LogP contribution in [0.4, 0.5) is 13.2 Å². The summed E-state index contributed by atoms with van der Waals surface area (Å²) in [4.78, 5) is 3.62. The molecule has 0 aliphatic carbocycles. The van der Waals surface area contributed by atoms with Crippen molar-refractivity contribution >= 4 is 15.9 Å². The van der Waals surface area contributed by atoms with E-state index in [1.54, 1.807) is 0 Å². The number of rotatable bonds is 1. The topological polar surface area (TPSA) is 33.1 Å². The largest absolute Gasteiger partial charge is 0.421 e. The molecular formula is C8H7BrF3NO. The highest BCUT2D eigenvalue weighted by molar-refractivity contribution is 9.10. The SMILES string of the molecule is CC(O)(c1ccc(Br)nc1)C(F)(F)F. The number of pyridine rings is 1. The molecule has 0 amide bonds. The summed E-state index contributed by atoms with van der Waals surface area (Å²) in [5.41, 5.74) is -3.14. The lowest BCUT2D eigenvalue weighted by Gasteiger charge is -2.26. The van der Waals surface area contributed by atoms with E-state index < -0.39 is 11.8 Å². The summed E-state index contributed by atoms with van der Waals surface area (Å²) < 4.78 is 37.4. The molecule has 1 rings (SSSR count). The minimum atomic E-state index is -4.71. The average Bonchev–Trinajstić information content (AvgIpc) is 2.03. The molecule has 14 heavy (non-hydrogen) atoms. The van der Waals surface area contributed by atoms with Gasteiger partial charge in [0.05, 0.1) is 0 Å². The van der Waals surface area contributed by atoms with Crippen molar-refractivity contribution in [3.05, 3.63) is 28.5 Å². The fourth-order valence-corrected chi connectivity index (χ4v) is 1.06. The molecule has 0 radical (unpaired) electrons. The highest BCUT2D eigenvalue weighted by Crippen LogP contribution is 2.38. The van der Waals surface area contributed by atoms with E-state index in [0.29, 0.717) is 11.5 Å². The Labute approximate surface area is 86.9 Å². The molecule has 1 unspecified atom stereocenters. The third-order valence-electron chi connectivity index (χ3n) is 1.84. The second-order valence-electron chi connectivity index (χ2n) is 2.94. The molecule has 1 heterocycles. The second kappa shape index (κ2) is 3.51. The summed E-state index contributed by atoms with van der Waals surface area (Å²) in [6.45, 7) is 0.692. The number of hydrogen-bond donors (Lipinski definition) is 1. The first-order valence-corrected chi connectivity index (χ1v) is 4.45. The summed E-state index contributed by atoms with van der Waals surface area (Å²) in [6, 6.07) is 2.51. The highest BCUT2D eigenvalue weighted by atomic mass is 79.9. The number of alkyl halides is 3. The van der Waals surface area contributed by atoms with Crippen LogP contribution in [-0.2, 0) is 5.60 Å². The molecule has 0 fully saturated rings. The van der Waals surface area contributed by atoms with Crippen LogP contribution in [0.5, 0.6) is 0 Å². The van der Waals surface area contributed by atoms with Crippen molar-refractivity contribution < 1.29 is 18.3 Å². The van der Waals surface area contributed by atoms with Crippen LogP contribution in [0.2, 0.25) is 0 Å². The molecule has 2 nitrogen and oxygen atoms in total. The van der Waals surface area contributed by atoms with Crippen LogP contribution in [0, 0.1) is 0 Å². The molecule has 0 bridgehead atoms. The highest BCUT2D eigenvalue weighted by Gasteiger charge is 2.51. The molecule has 0 aromatic carbocycles. The Bertz CT molecular complexity index is 320. The van der Waals surface area contributed by atoms with Gasteiger partial charge in [0.15, 0.2) is 5.60 Å². The first-order valence-electron chi connectivity index (χ1n) is 3.66. The summed E-state index contributed by atoms with van der Waals surface area (Å²) in [7, 11) is 0. The molecule has 0 spiro atoms. The monoisotopic (exact) mass is 269 g/mol. The van der Waals surface area contributed by atoms with Crippen molar-refractivity contribution in [3.63, 3.8) is 0 Å². The van der Waals surface area contributed by atoms with Crippen molar-refractivity contribution in [1.82, 2.24) is 4.98 Å².